The molecule has 21 heavy (non-hydrogen) atoms. The highest BCUT2D eigenvalue weighted by atomic mass is 16.2. The summed E-state index contributed by atoms with van der Waals surface area (Å²) in [5.41, 5.74) is 6.27. The quantitative estimate of drug-likeness (QED) is 0.885. The van der Waals surface area contributed by atoms with Gasteiger partial charge in [0.15, 0.2) is 0 Å². The van der Waals surface area contributed by atoms with Crippen LogP contribution in [0.25, 0.3) is 5.69 Å². The van der Waals surface area contributed by atoms with Gasteiger partial charge < -0.3 is 11.1 Å². The predicted molar refractivity (Wildman–Crippen MR) is 79.8 cm³/mol. The molecule has 0 bridgehead atoms. The lowest BCUT2D eigenvalue weighted by Crippen LogP contribution is -2.53. The first-order valence-electron chi connectivity index (χ1n) is 6.65. The molecule has 0 unspecified atom stereocenters. The van der Waals surface area contributed by atoms with Crippen molar-refractivity contribution >= 4 is 11.6 Å². The van der Waals surface area contributed by atoms with E-state index in [9.17, 15) is 4.79 Å². The van der Waals surface area contributed by atoms with Crippen molar-refractivity contribution in [3.63, 3.8) is 0 Å². The van der Waals surface area contributed by atoms with Crippen LogP contribution < -0.4 is 11.1 Å². The molecule has 1 amide bonds. The third kappa shape index (κ3) is 3.08. The van der Waals surface area contributed by atoms with Gasteiger partial charge in [0.05, 0.1) is 11.1 Å². The molecule has 0 aliphatic rings. The zero-order valence-corrected chi connectivity index (χ0v) is 12.7. The molecule has 2 aromatic rings. The summed E-state index contributed by atoms with van der Waals surface area (Å²) >= 11 is 0. The maximum absolute atomic E-state index is 12.4. The molecule has 3 N–H and O–H groups in total. The Bertz CT molecular complexity index is 610. The standard InChI is InChI=1S/C14H20N6O/c1-13(2,14(3,4)15)12(21)17-10-5-7-11(8-6-10)20-9-16-18-19-20/h5-9H,15H2,1-4H3,(H,17,21). The van der Waals surface area contributed by atoms with E-state index < -0.39 is 11.0 Å². The molecule has 0 fully saturated rings. The van der Waals surface area contributed by atoms with Crippen molar-refractivity contribution < 1.29 is 4.79 Å². The summed E-state index contributed by atoms with van der Waals surface area (Å²) < 4.78 is 1.54. The van der Waals surface area contributed by atoms with Gasteiger partial charge in [-0.05, 0) is 62.4 Å². The van der Waals surface area contributed by atoms with Crippen molar-refractivity contribution in [1.82, 2.24) is 20.2 Å². The fourth-order valence-electron chi connectivity index (χ4n) is 1.56. The van der Waals surface area contributed by atoms with Crippen LogP contribution in [-0.2, 0) is 4.79 Å². The second-order valence-corrected chi connectivity index (χ2v) is 6.10. The summed E-state index contributed by atoms with van der Waals surface area (Å²) in [6.45, 7) is 7.34. The van der Waals surface area contributed by atoms with E-state index in [1.807, 2.05) is 39.8 Å². The number of rotatable bonds is 4. The molecule has 112 valence electrons. The van der Waals surface area contributed by atoms with Crippen LogP contribution in [0, 0.1) is 5.41 Å². The van der Waals surface area contributed by atoms with Gasteiger partial charge >= 0.3 is 0 Å². The van der Waals surface area contributed by atoms with Gasteiger partial charge in [-0.2, -0.15) is 0 Å². The van der Waals surface area contributed by atoms with E-state index in [4.69, 9.17) is 5.73 Å². The van der Waals surface area contributed by atoms with E-state index in [1.165, 1.54) is 6.33 Å². The van der Waals surface area contributed by atoms with Crippen LogP contribution in [-0.4, -0.2) is 31.7 Å². The molecule has 7 nitrogen and oxygen atoms in total. The second-order valence-electron chi connectivity index (χ2n) is 6.10. The minimum absolute atomic E-state index is 0.120. The summed E-state index contributed by atoms with van der Waals surface area (Å²) in [5.74, 6) is -0.120. The van der Waals surface area contributed by atoms with Crippen molar-refractivity contribution in [2.75, 3.05) is 5.32 Å². The van der Waals surface area contributed by atoms with Crippen LogP contribution in [0.15, 0.2) is 30.6 Å². The van der Waals surface area contributed by atoms with Crippen LogP contribution in [0.5, 0.6) is 0 Å². The lowest BCUT2D eigenvalue weighted by atomic mass is 9.74. The van der Waals surface area contributed by atoms with Crippen LogP contribution in [0.4, 0.5) is 5.69 Å². The molecular formula is C14H20N6O. The van der Waals surface area contributed by atoms with Gasteiger partial charge in [-0.3, -0.25) is 4.79 Å². The van der Waals surface area contributed by atoms with E-state index in [0.29, 0.717) is 5.69 Å². The highest BCUT2D eigenvalue weighted by molar-refractivity contribution is 5.95. The van der Waals surface area contributed by atoms with Crippen LogP contribution in [0.3, 0.4) is 0 Å². The monoisotopic (exact) mass is 288 g/mol. The Kier molecular flexibility index (Phi) is 3.78. The Balaban J connectivity index is 2.12. The molecule has 2 rings (SSSR count). The Hall–Kier alpha value is -2.28. The number of carbonyl (C=O) groups excluding carboxylic acids is 1. The van der Waals surface area contributed by atoms with E-state index in [0.717, 1.165) is 5.69 Å². The fourth-order valence-corrected chi connectivity index (χ4v) is 1.56. The maximum Gasteiger partial charge on any atom is 0.231 e. The van der Waals surface area contributed by atoms with Crippen molar-refractivity contribution in [1.29, 1.82) is 0 Å². The van der Waals surface area contributed by atoms with Gasteiger partial charge in [-0.25, -0.2) is 4.68 Å². The molecule has 7 heteroatoms. The van der Waals surface area contributed by atoms with E-state index >= 15 is 0 Å². The van der Waals surface area contributed by atoms with E-state index in [2.05, 4.69) is 20.8 Å². The molecular weight excluding hydrogens is 268 g/mol. The molecule has 1 aromatic heterocycles. The topological polar surface area (TPSA) is 98.7 Å². The highest BCUT2D eigenvalue weighted by Crippen LogP contribution is 2.29. The zero-order chi connectivity index (χ0) is 15.7. The summed E-state index contributed by atoms with van der Waals surface area (Å²) in [5, 5.41) is 13.8. The largest absolute Gasteiger partial charge is 0.326 e. The fraction of sp³-hybridized carbons (Fsp3) is 0.429. The van der Waals surface area contributed by atoms with Crippen molar-refractivity contribution in [2.24, 2.45) is 11.1 Å². The highest BCUT2D eigenvalue weighted by Gasteiger charge is 2.40. The third-order valence-electron chi connectivity index (χ3n) is 3.92. The molecule has 0 saturated heterocycles. The number of carbonyl (C=O) groups is 1. The molecule has 0 aliphatic heterocycles. The Labute approximate surface area is 123 Å². The lowest BCUT2D eigenvalue weighted by Gasteiger charge is -2.36. The summed E-state index contributed by atoms with van der Waals surface area (Å²) in [6, 6.07) is 7.25. The molecule has 0 saturated carbocycles. The van der Waals surface area contributed by atoms with Crippen LogP contribution in [0.2, 0.25) is 0 Å². The third-order valence-corrected chi connectivity index (χ3v) is 3.92. The number of anilines is 1. The smallest absolute Gasteiger partial charge is 0.231 e. The number of hydrogen-bond acceptors (Lipinski definition) is 5. The average Bonchev–Trinajstić information content (AvgIpc) is 2.92. The van der Waals surface area contributed by atoms with Gasteiger partial charge in [-0.1, -0.05) is 0 Å². The second kappa shape index (κ2) is 5.25. The minimum Gasteiger partial charge on any atom is -0.326 e. The van der Waals surface area contributed by atoms with Gasteiger partial charge in [0.2, 0.25) is 5.91 Å². The normalized spacial score (nSPS) is 12.2. The Morgan fingerprint density at radius 1 is 1.19 bits per heavy atom. The van der Waals surface area contributed by atoms with Crippen molar-refractivity contribution in [3.8, 4) is 5.69 Å². The SMILES string of the molecule is CC(C)(N)C(C)(C)C(=O)Nc1ccc(-n2cnnn2)cc1. The Morgan fingerprint density at radius 3 is 2.29 bits per heavy atom. The molecule has 0 spiro atoms. The molecule has 0 radical (unpaired) electrons. The van der Waals surface area contributed by atoms with Gasteiger partial charge in [0, 0.05) is 11.2 Å². The molecule has 1 aromatic carbocycles. The number of amides is 1. The first kappa shape index (κ1) is 15.1. The summed E-state index contributed by atoms with van der Waals surface area (Å²) in [4.78, 5) is 12.4. The number of nitrogens with one attached hydrogen (secondary N) is 1. The average molecular weight is 288 g/mol. The molecule has 0 aliphatic carbocycles. The first-order valence-corrected chi connectivity index (χ1v) is 6.65. The number of aromatic nitrogens is 4. The van der Waals surface area contributed by atoms with E-state index in [1.54, 1.807) is 16.8 Å². The van der Waals surface area contributed by atoms with Crippen LogP contribution in [0.1, 0.15) is 27.7 Å². The van der Waals surface area contributed by atoms with E-state index in [-0.39, 0.29) is 5.91 Å². The van der Waals surface area contributed by atoms with Gasteiger partial charge in [-0.15, -0.1) is 5.10 Å². The number of tetrazole rings is 1. The summed E-state index contributed by atoms with van der Waals surface area (Å²) in [7, 11) is 0. The minimum atomic E-state index is -0.693. The first-order chi connectivity index (χ1) is 9.72. The maximum atomic E-state index is 12.4. The number of nitrogens with zero attached hydrogens (tertiary/aromatic N) is 4. The van der Waals surface area contributed by atoms with Gasteiger partial charge in [0.25, 0.3) is 0 Å². The zero-order valence-electron chi connectivity index (χ0n) is 12.7. The Morgan fingerprint density at radius 2 is 1.81 bits per heavy atom. The number of benzene rings is 1. The molecule has 0 atom stereocenters. The number of hydrogen-bond donors (Lipinski definition) is 2. The predicted octanol–water partition coefficient (Wildman–Crippen LogP) is 1.36. The molecule has 1 heterocycles. The van der Waals surface area contributed by atoms with Crippen LogP contribution >= 0.6 is 0 Å². The van der Waals surface area contributed by atoms with Crippen molar-refractivity contribution in [3.05, 3.63) is 30.6 Å². The summed E-state index contributed by atoms with van der Waals surface area (Å²) in [6.07, 6.45) is 1.51. The lowest BCUT2D eigenvalue weighted by molar-refractivity contribution is -0.126. The number of nitrogens with two attached hydrogens (primary N) is 1. The van der Waals surface area contributed by atoms with Gasteiger partial charge in [0.1, 0.15) is 6.33 Å². The van der Waals surface area contributed by atoms with Crippen molar-refractivity contribution in [2.45, 2.75) is 33.2 Å².